The molecule has 0 bridgehead atoms. The van der Waals surface area contributed by atoms with Crippen molar-refractivity contribution >= 4 is 11.6 Å². The van der Waals surface area contributed by atoms with Crippen LogP contribution in [0.15, 0.2) is 48.5 Å². The van der Waals surface area contributed by atoms with E-state index >= 15 is 0 Å². The molecule has 0 aromatic heterocycles. The summed E-state index contributed by atoms with van der Waals surface area (Å²) >= 11 is 6.10. The molecule has 0 radical (unpaired) electrons. The normalized spacial score (nSPS) is 9.90. The van der Waals surface area contributed by atoms with Crippen molar-refractivity contribution in [3.05, 3.63) is 64.7 Å². The minimum Gasteiger partial charge on any atom is -1.00 e. The van der Waals surface area contributed by atoms with Gasteiger partial charge in [0.15, 0.2) is 0 Å². The van der Waals surface area contributed by atoms with Crippen LogP contribution in [0.5, 0.6) is 5.75 Å². The molecule has 108 valence electrons. The maximum atomic E-state index is 6.10. The molecule has 2 aromatic rings. The summed E-state index contributed by atoms with van der Waals surface area (Å²) in [7, 11) is 1.68. The molecule has 0 amide bonds. The van der Waals surface area contributed by atoms with Crippen molar-refractivity contribution in [1.29, 1.82) is 0 Å². The van der Waals surface area contributed by atoms with Crippen molar-refractivity contribution in [2.24, 2.45) is 0 Å². The Hall–Kier alpha value is -1.22. The Morgan fingerprint density at radius 1 is 1.05 bits per heavy atom. The summed E-state index contributed by atoms with van der Waals surface area (Å²) in [4.78, 5) is 0. The van der Waals surface area contributed by atoms with E-state index in [-0.39, 0.29) is 12.4 Å². The molecule has 0 saturated carbocycles. The average molecular weight is 311 g/mol. The minimum atomic E-state index is 0. The van der Waals surface area contributed by atoms with Gasteiger partial charge in [-0.2, -0.15) is 0 Å². The molecule has 2 rings (SSSR count). The Balaban J connectivity index is 0.00000200. The van der Waals surface area contributed by atoms with Crippen LogP contribution in [0.1, 0.15) is 11.1 Å². The van der Waals surface area contributed by atoms with E-state index < -0.39 is 0 Å². The fraction of sp³-hybridized carbons (Fsp3) is 0.250. The predicted molar refractivity (Wildman–Crippen MR) is 79.9 cm³/mol. The van der Waals surface area contributed by atoms with Crippen molar-refractivity contribution in [1.82, 2.24) is 5.32 Å². The number of hydrogen-bond acceptors (Lipinski definition) is 2. The highest BCUT2D eigenvalue weighted by Gasteiger charge is 1.98. The van der Waals surface area contributed by atoms with Crippen molar-refractivity contribution in [3.63, 3.8) is 0 Å². The van der Waals surface area contributed by atoms with Gasteiger partial charge in [0.05, 0.1) is 7.11 Å². The molecule has 0 atom stereocenters. The molecule has 0 aliphatic carbocycles. The maximum Gasteiger partial charge on any atom is 0.118 e. The van der Waals surface area contributed by atoms with Crippen LogP contribution in [0, 0.1) is 0 Å². The van der Waals surface area contributed by atoms with E-state index in [2.05, 4.69) is 17.4 Å². The Bertz CT molecular complexity index is 514. The van der Waals surface area contributed by atoms with Gasteiger partial charge in [-0.15, -0.1) is 0 Å². The van der Waals surface area contributed by atoms with Gasteiger partial charge in [-0.25, -0.2) is 0 Å². The van der Waals surface area contributed by atoms with Crippen LogP contribution in [0.25, 0.3) is 0 Å². The summed E-state index contributed by atoms with van der Waals surface area (Å²) in [6.07, 6.45) is 0.994. The highest BCUT2D eigenvalue weighted by atomic mass is 35.5. The summed E-state index contributed by atoms with van der Waals surface area (Å²) in [5.41, 5.74) is 2.44. The van der Waals surface area contributed by atoms with Crippen LogP contribution >= 0.6 is 11.6 Å². The van der Waals surface area contributed by atoms with Crippen LogP contribution < -0.4 is 22.5 Å². The van der Waals surface area contributed by atoms with E-state index in [1.165, 1.54) is 5.56 Å². The molecule has 1 N–H and O–H groups in total. The van der Waals surface area contributed by atoms with E-state index in [1.807, 2.05) is 36.4 Å². The van der Waals surface area contributed by atoms with Crippen molar-refractivity contribution in [3.8, 4) is 5.75 Å². The fourth-order valence-corrected chi connectivity index (χ4v) is 2.09. The molecule has 2 nitrogen and oxygen atoms in total. The van der Waals surface area contributed by atoms with Gasteiger partial charge in [0, 0.05) is 11.6 Å². The van der Waals surface area contributed by atoms with Crippen LogP contribution in [0.2, 0.25) is 5.02 Å². The molecule has 0 heterocycles. The molecule has 0 spiro atoms. The third kappa shape index (κ3) is 5.04. The molecular weight excluding hydrogens is 293 g/mol. The van der Waals surface area contributed by atoms with Crippen LogP contribution in [-0.2, 0) is 13.0 Å². The first kappa shape index (κ1) is 16.8. The second-order valence-corrected chi connectivity index (χ2v) is 4.77. The Morgan fingerprint density at radius 3 is 2.40 bits per heavy atom. The zero-order valence-electron chi connectivity index (χ0n) is 11.4. The quantitative estimate of drug-likeness (QED) is 0.793. The molecule has 4 heteroatoms. The summed E-state index contributed by atoms with van der Waals surface area (Å²) in [6.45, 7) is 1.73. The van der Waals surface area contributed by atoms with Crippen molar-refractivity contribution in [2.45, 2.75) is 13.0 Å². The minimum absolute atomic E-state index is 0. The molecule has 0 aliphatic heterocycles. The van der Waals surface area contributed by atoms with E-state index in [1.54, 1.807) is 7.11 Å². The van der Waals surface area contributed by atoms with Gasteiger partial charge in [0.1, 0.15) is 5.75 Å². The van der Waals surface area contributed by atoms with E-state index in [0.29, 0.717) is 0 Å². The summed E-state index contributed by atoms with van der Waals surface area (Å²) in [5, 5.41) is 4.22. The smallest absolute Gasteiger partial charge is 0.118 e. The third-order valence-electron chi connectivity index (χ3n) is 3.02. The monoisotopic (exact) mass is 310 g/mol. The van der Waals surface area contributed by atoms with E-state index in [4.69, 9.17) is 16.3 Å². The zero-order valence-corrected chi connectivity index (χ0v) is 12.9. The molecular formula is C16H18Cl2NO-. The molecule has 20 heavy (non-hydrogen) atoms. The van der Waals surface area contributed by atoms with Crippen molar-refractivity contribution < 1.29 is 17.1 Å². The molecule has 0 aliphatic rings. The number of halogens is 2. The largest absolute Gasteiger partial charge is 1.00 e. The summed E-state index contributed by atoms with van der Waals surface area (Å²) in [5.74, 6) is 0.896. The molecule has 0 fully saturated rings. The first-order chi connectivity index (χ1) is 9.29. The number of hydrogen-bond donors (Lipinski definition) is 1. The lowest BCUT2D eigenvalue weighted by molar-refractivity contribution is -0.00000411. The number of rotatable bonds is 6. The highest BCUT2D eigenvalue weighted by Crippen LogP contribution is 2.14. The SMILES string of the molecule is COc1ccc(CCNCc2ccccc2Cl)cc1.[Cl-]. The lowest BCUT2D eigenvalue weighted by Crippen LogP contribution is -3.00. The van der Waals surface area contributed by atoms with E-state index in [0.717, 1.165) is 35.8 Å². The van der Waals surface area contributed by atoms with Crippen LogP contribution in [0.3, 0.4) is 0 Å². The number of methoxy groups -OCH3 is 1. The fourth-order valence-electron chi connectivity index (χ4n) is 1.89. The highest BCUT2D eigenvalue weighted by molar-refractivity contribution is 6.31. The van der Waals surface area contributed by atoms with Crippen molar-refractivity contribution in [2.75, 3.05) is 13.7 Å². The first-order valence-electron chi connectivity index (χ1n) is 6.36. The second-order valence-electron chi connectivity index (χ2n) is 4.37. The Kier molecular flexibility index (Phi) is 7.45. The number of benzene rings is 2. The first-order valence-corrected chi connectivity index (χ1v) is 6.74. The Labute approximate surface area is 131 Å². The standard InChI is InChI=1S/C16H18ClNO.ClH/c1-19-15-8-6-13(7-9-15)10-11-18-12-14-4-2-3-5-16(14)17;/h2-9,18H,10-12H2,1H3;1H/p-1. The van der Waals surface area contributed by atoms with Gasteiger partial charge in [0.25, 0.3) is 0 Å². The average Bonchev–Trinajstić information content (AvgIpc) is 2.46. The molecule has 0 unspecified atom stereocenters. The summed E-state index contributed by atoms with van der Waals surface area (Å²) in [6, 6.07) is 16.1. The number of nitrogens with one attached hydrogen (secondary N) is 1. The Morgan fingerprint density at radius 2 is 1.75 bits per heavy atom. The maximum absolute atomic E-state index is 6.10. The topological polar surface area (TPSA) is 21.3 Å². The predicted octanol–water partition coefficient (Wildman–Crippen LogP) is 0.685. The van der Waals surface area contributed by atoms with Gasteiger partial charge in [-0.1, -0.05) is 41.9 Å². The van der Waals surface area contributed by atoms with Crippen LogP contribution in [0.4, 0.5) is 0 Å². The van der Waals surface area contributed by atoms with Gasteiger partial charge < -0.3 is 22.5 Å². The van der Waals surface area contributed by atoms with Gasteiger partial charge in [-0.05, 0) is 42.3 Å². The molecule has 0 saturated heterocycles. The zero-order chi connectivity index (χ0) is 13.5. The van der Waals surface area contributed by atoms with E-state index in [9.17, 15) is 0 Å². The summed E-state index contributed by atoms with van der Waals surface area (Å²) < 4.78 is 5.14. The number of ether oxygens (including phenoxy) is 1. The second kappa shape index (κ2) is 8.85. The lowest BCUT2D eigenvalue weighted by atomic mass is 10.1. The van der Waals surface area contributed by atoms with Gasteiger partial charge in [0.2, 0.25) is 0 Å². The van der Waals surface area contributed by atoms with Crippen LogP contribution in [-0.4, -0.2) is 13.7 Å². The lowest BCUT2D eigenvalue weighted by Gasteiger charge is -2.07. The molecule has 2 aromatic carbocycles. The van der Waals surface area contributed by atoms with Gasteiger partial charge >= 0.3 is 0 Å². The van der Waals surface area contributed by atoms with Gasteiger partial charge in [-0.3, -0.25) is 0 Å². The third-order valence-corrected chi connectivity index (χ3v) is 3.39.